The maximum Gasteiger partial charge on any atom is 0.224 e. The number of nitrogens with one attached hydrogen (secondary N) is 2. The minimum atomic E-state index is -0.0397. The number of carbonyl (C=O) groups excluding carboxylic acids is 2. The Hall–Kier alpha value is -2.68. The number of rotatable bonds is 8. The third-order valence-corrected chi connectivity index (χ3v) is 3.04. The van der Waals surface area contributed by atoms with Crippen molar-refractivity contribution < 1.29 is 9.59 Å². The van der Waals surface area contributed by atoms with Crippen molar-refractivity contribution >= 4 is 24.2 Å². The molecule has 0 aromatic carbocycles. The standard InChI is InChI=1S/C14H19N3O.C5H9NO.C3H8.C2H6/c1-4-9-16-12-13(3)8-11-17-14(18)7-6-10-15-5-2;1-6-5(7)4-2-3-4;1-3-2;1-2/h1,5-6,8,10,12H,7,9,11H2,2-3H3,(H,17,18);4H,2-3H2,1H3,(H,6,7);3H2,1-2H3;1-2H3/b10-6-,13-8-,15-5?,16-12?;;;. The molecule has 1 saturated carbocycles. The van der Waals surface area contributed by atoms with E-state index in [4.69, 9.17) is 6.42 Å². The Balaban J connectivity index is -0.000000494. The van der Waals surface area contributed by atoms with E-state index in [0.29, 0.717) is 25.4 Å². The normalized spacial score (nSPS) is 12.7. The Morgan fingerprint density at radius 2 is 1.83 bits per heavy atom. The van der Waals surface area contributed by atoms with Gasteiger partial charge in [-0.2, -0.15) is 0 Å². The molecule has 0 aromatic rings. The molecule has 0 aromatic heterocycles. The van der Waals surface area contributed by atoms with Crippen LogP contribution in [-0.4, -0.2) is 44.4 Å². The van der Waals surface area contributed by atoms with Crippen LogP contribution in [0.3, 0.4) is 0 Å². The fourth-order valence-electron chi connectivity index (χ4n) is 1.55. The van der Waals surface area contributed by atoms with Gasteiger partial charge in [0.2, 0.25) is 11.8 Å². The van der Waals surface area contributed by atoms with Crippen molar-refractivity contribution in [2.24, 2.45) is 15.9 Å². The smallest absolute Gasteiger partial charge is 0.224 e. The minimum Gasteiger partial charge on any atom is -0.359 e. The third-order valence-electron chi connectivity index (χ3n) is 3.04. The van der Waals surface area contributed by atoms with Crippen LogP contribution < -0.4 is 10.6 Å². The molecular formula is C24H42N4O2. The maximum atomic E-state index is 11.3. The molecule has 0 unspecified atom stereocenters. The first-order valence-electron chi connectivity index (χ1n) is 10.7. The number of carbonyl (C=O) groups is 2. The highest BCUT2D eigenvalue weighted by atomic mass is 16.2. The zero-order chi connectivity index (χ0) is 23.6. The van der Waals surface area contributed by atoms with E-state index in [1.54, 1.807) is 31.8 Å². The molecule has 0 aliphatic heterocycles. The fraction of sp³-hybridized carbons (Fsp3) is 0.583. The highest BCUT2D eigenvalue weighted by Crippen LogP contribution is 2.28. The van der Waals surface area contributed by atoms with Gasteiger partial charge >= 0.3 is 0 Å². The lowest BCUT2D eigenvalue weighted by molar-refractivity contribution is -0.122. The molecule has 0 spiro atoms. The molecule has 30 heavy (non-hydrogen) atoms. The van der Waals surface area contributed by atoms with Gasteiger partial charge < -0.3 is 10.6 Å². The van der Waals surface area contributed by atoms with Gasteiger partial charge in [0.05, 0.1) is 6.54 Å². The first-order valence-corrected chi connectivity index (χ1v) is 10.7. The zero-order valence-corrected chi connectivity index (χ0v) is 20.0. The number of hydrogen-bond acceptors (Lipinski definition) is 4. The van der Waals surface area contributed by atoms with E-state index in [-0.39, 0.29) is 11.8 Å². The Kier molecular flexibility index (Phi) is 28.1. The minimum absolute atomic E-state index is 0.0397. The molecular weight excluding hydrogens is 376 g/mol. The first kappa shape index (κ1) is 32.0. The largest absolute Gasteiger partial charge is 0.359 e. The van der Waals surface area contributed by atoms with Gasteiger partial charge in [-0.15, -0.1) is 6.42 Å². The van der Waals surface area contributed by atoms with Gasteiger partial charge in [0.25, 0.3) is 0 Å². The van der Waals surface area contributed by atoms with Gasteiger partial charge in [-0.1, -0.05) is 52.2 Å². The van der Waals surface area contributed by atoms with Crippen molar-refractivity contribution in [1.29, 1.82) is 0 Å². The van der Waals surface area contributed by atoms with Crippen molar-refractivity contribution in [3.63, 3.8) is 0 Å². The van der Waals surface area contributed by atoms with Crippen LogP contribution in [0.5, 0.6) is 0 Å². The average Bonchev–Trinajstić information content (AvgIpc) is 3.59. The Bertz CT molecular complexity index is 581. The van der Waals surface area contributed by atoms with Crippen molar-refractivity contribution in [3.8, 4) is 12.3 Å². The van der Waals surface area contributed by atoms with E-state index in [0.717, 1.165) is 18.4 Å². The van der Waals surface area contributed by atoms with Crippen LogP contribution in [0, 0.1) is 18.3 Å². The van der Waals surface area contributed by atoms with Crippen molar-refractivity contribution in [2.45, 2.75) is 67.2 Å². The van der Waals surface area contributed by atoms with Gasteiger partial charge in [-0.3, -0.25) is 19.6 Å². The Morgan fingerprint density at radius 1 is 1.23 bits per heavy atom. The number of aliphatic imine (C=N–C) groups is 2. The molecule has 0 bridgehead atoms. The van der Waals surface area contributed by atoms with Gasteiger partial charge in [-0.25, -0.2) is 0 Å². The van der Waals surface area contributed by atoms with E-state index in [1.165, 1.54) is 6.42 Å². The van der Waals surface area contributed by atoms with E-state index >= 15 is 0 Å². The molecule has 1 aliphatic carbocycles. The summed E-state index contributed by atoms with van der Waals surface area (Å²) in [7, 11) is 1.68. The lowest BCUT2D eigenvalue weighted by Crippen LogP contribution is -2.22. The molecule has 2 N–H and O–H groups in total. The summed E-state index contributed by atoms with van der Waals surface area (Å²) in [5, 5.41) is 5.35. The summed E-state index contributed by atoms with van der Waals surface area (Å²) in [6, 6.07) is 0. The second kappa shape index (κ2) is 26.3. The molecule has 2 amide bonds. The zero-order valence-electron chi connectivity index (χ0n) is 20.0. The van der Waals surface area contributed by atoms with Crippen LogP contribution in [0.25, 0.3) is 0 Å². The highest BCUT2D eigenvalue weighted by Gasteiger charge is 2.28. The van der Waals surface area contributed by atoms with Crippen LogP contribution >= 0.6 is 0 Å². The number of hydrogen-bond donors (Lipinski definition) is 2. The van der Waals surface area contributed by atoms with E-state index in [2.05, 4.69) is 40.4 Å². The molecule has 6 heteroatoms. The van der Waals surface area contributed by atoms with Crippen LogP contribution in [-0.2, 0) is 9.59 Å². The molecule has 170 valence electrons. The second-order valence-electron chi connectivity index (χ2n) is 6.02. The van der Waals surface area contributed by atoms with Crippen LogP contribution in [0.15, 0.2) is 33.9 Å². The molecule has 1 fully saturated rings. The van der Waals surface area contributed by atoms with E-state index < -0.39 is 0 Å². The predicted octanol–water partition coefficient (Wildman–Crippen LogP) is 4.33. The van der Waals surface area contributed by atoms with Crippen molar-refractivity contribution in [1.82, 2.24) is 10.6 Å². The fourth-order valence-corrected chi connectivity index (χ4v) is 1.55. The van der Waals surface area contributed by atoms with Crippen LogP contribution in [0.4, 0.5) is 0 Å². The van der Waals surface area contributed by atoms with Gasteiger partial charge in [0, 0.05) is 44.6 Å². The topological polar surface area (TPSA) is 82.9 Å². The van der Waals surface area contributed by atoms with Gasteiger partial charge in [0.1, 0.15) is 0 Å². The summed E-state index contributed by atoms with van der Waals surface area (Å²) >= 11 is 0. The summed E-state index contributed by atoms with van der Waals surface area (Å²) < 4.78 is 0. The quantitative estimate of drug-likeness (QED) is 0.454. The van der Waals surface area contributed by atoms with Crippen LogP contribution in [0.1, 0.15) is 67.2 Å². The van der Waals surface area contributed by atoms with Crippen LogP contribution in [0.2, 0.25) is 0 Å². The average molecular weight is 419 g/mol. The number of amides is 2. The molecule has 0 saturated heterocycles. The first-order chi connectivity index (χ1) is 14.5. The number of terminal acetylenes is 1. The second-order valence-corrected chi connectivity index (χ2v) is 6.02. The third kappa shape index (κ3) is 27.5. The molecule has 0 radical (unpaired) electrons. The summed E-state index contributed by atoms with van der Waals surface area (Å²) in [5.74, 6) is 2.95. The van der Waals surface area contributed by atoms with Gasteiger partial charge in [-0.05, 0) is 32.3 Å². The lowest BCUT2D eigenvalue weighted by Gasteiger charge is -1.99. The molecule has 6 nitrogen and oxygen atoms in total. The predicted molar refractivity (Wildman–Crippen MR) is 131 cm³/mol. The molecule has 1 aliphatic rings. The van der Waals surface area contributed by atoms with E-state index in [9.17, 15) is 9.59 Å². The monoisotopic (exact) mass is 418 g/mol. The summed E-state index contributed by atoms with van der Waals surface area (Å²) in [4.78, 5) is 29.7. The van der Waals surface area contributed by atoms with Gasteiger partial charge in [0.15, 0.2) is 0 Å². The summed E-state index contributed by atoms with van der Waals surface area (Å²) in [6.07, 6.45) is 17.4. The maximum absolute atomic E-state index is 11.3. The molecule has 1 rings (SSSR count). The Morgan fingerprint density at radius 3 is 2.27 bits per heavy atom. The van der Waals surface area contributed by atoms with E-state index in [1.807, 2.05) is 33.8 Å². The number of allylic oxidation sites excluding steroid dienone is 1. The lowest BCUT2D eigenvalue weighted by atomic mass is 10.3. The number of nitrogens with zero attached hydrogens (tertiary/aromatic N) is 2. The molecule has 0 atom stereocenters. The summed E-state index contributed by atoms with van der Waals surface area (Å²) in [5.41, 5.74) is 0.969. The van der Waals surface area contributed by atoms with Crippen molar-refractivity contribution in [3.05, 3.63) is 23.9 Å². The van der Waals surface area contributed by atoms with Crippen molar-refractivity contribution in [2.75, 3.05) is 20.1 Å². The highest BCUT2D eigenvalue weighted by molar-refractivity contribution is 5.80. The summed E-state index contributed by atoms with van der Waals surface area (Å²) in [6.45, 7) is 12.8. The Labute approximate surface area is 184 Å². The molecule has 0 heterocycles. The SMILES string of the molecule is C#CCN=C/C(C)=C\CNC(=O)C/C=C\N=CC.CC.CCC.CNC(=O)C1CC1.